The van der Waals surface area contributed by atoms with Gasteiger partial charge in [0.25, 0.3) is 0 Å². The van der Waals surface area contributed by atoms with Crippen LogP contribution in [0.3, 0.4) is 0 Å². The summed E-state index contributed by atoms with van der Waals surface area (Å²) in [5, 5.41) is 3.32. The SMILES string of the molecule is CCNc1nc(C(CC)(CC)OC)nc(CC(C)C)c1Br. The topological polar surface area (TPSA) is 47.0 Å². The zero-order chi connectivity index (χ0) is 16.0. The maximum Gasteiger partial charge on any atom is 0.162 e. The van der Waals surface area contributed by atoms with Gasteiger partial charge in [0.1, 0.15) is 11.4 Å². The smallest absolute Gasteiger partial charge is 0.162 e. The van der Waals surface area contributed by atoms with Crippen LogP contribution in [0.15, 0.2) is 4.47 Å². The molecule has 0 spiro atoms. The molecule has 0 fully saturated rings. The fourth-order valence-electron chi connectivity index (χ4n) is 2.45. The molecule has 120 valence electrons. The van der Waals surface area contributed by atoms with Crippen molar-refractivity contribution < 1.29 is 4.74 Å². The Morgan fingerprint density at radius 1 is 1.19 bits per heavy atom. The Kier molecular flexibility index (Phi) is 7.07. The third kappa shape index (κ3) is 4.16. The van der Waals surface area contributed by atoms with E-state index in [0.29, 0.717) is 5.92 Å². The first kappa shape index (κ1) is 18.4. The van der Waals surface area contributed by atoms with Crippen LogP contribution in [0.2, 0.25) is 0 Å². The number of nitrogens with zero attached hydrogens (tertiary/aromatic N) is 2. The number of ether oxygens (including phenoxy) is 1. The summed E-state index contributed by atoms with van der Waals surface area (Å²) in [7, 11) is 1.74. The van der Waals surface area contributed by atoms with Crippen molar-refractivity contribution in [2.75, 3.05) is 19.0 Å². The number of hydrogen-bond donors (Lipinski definition) is 1. The molecular weight excluding hydrogens is 330 g/mol. The molecule has 5 heteroatoms. The van der Waals surface area contributed by atoms with Crippen LogP contribution < -0.4 is 5.32 Å². The van der Waals surface area contributed by atoms with Crippen molar-refractivity contribution in [1.29, 1.82) is 0 Å². The number of hydrogen-bond acceptors (Lipinski definition) is 4. The molecule has 0 aliphatic heterocycles. The minimum absolute atomic E-state index is 0.406. The molecule has 0 atom stereocenters. The van der Waals surface area contributed by atoms with Gasteiger partial charge in [-0.15, -0.1) is 0 Å². The van der Waals surface area contributed by atoms with Crippen LogP contribution in [0, 0.1) is 5.92 Å². The summed E-state index contributed by atoms with van der Waals surface area (Å²) in [6.45, 7) is 11.5. The van der Waals surface area contributed by atoms with Crippen LogP contribution in [0.5, 0.6) is 0 Å². The van der Waals surface area contributed by atoms with E-state index < -0.39 is 5.60 Å². The molecular formula is C16H28BrN3O. The quantitative estimate of drug-likeness (QED) is 0.742. The van der Waals surface area contributed by atoms with Crippen LogP contribution in [0.4, 0.5) is 5.82 Å². The van der Waals surface area contributed by atoms with Gasteiger partial charge in [-0.3, -0.25) is 0 Å². The molecule has 0 aliphatic carbocycles. The second kappa shape index (κ2) is 8.08. The maximum atomic E-state index is 5.79. The Hall–Kier alpha value is -0.680. The number of rotatable bonds is 8. The first-order chi connectivity index (χ1) is 9.93. The molecule has 0 amide bonds. The summed E-state index contributed by atoms with van der Waals surface area (Å²) in [5.41, 5.74) is 0.644. The highest BCUT2D eigenvalue weighted by atomic mass is 79.9. The summed E-state index contributed by atoms with van der Waals surface area (Å²) in [6, 6.07) is 0. The Morgan fingerprint density at radius 2 is 1.81 bits per heavy atom. The van der Waals surface area contributed by atoms with E-state index in [9.17, 15) is 0 Å². The molecule has 0 saturated carbocycles. The number of methoxy groups -OCH3 is 1. The number of nitrogens with one attached hydrogen (secondary N) is 1. The second-order valence-corrected chi connectivity index (χ2v) is 6.48. The van der Waals surface area contributed by atoms with Gasteiger partial charge in [0.15, 0.2) is 5.82 Å². The van der Waals surface area contributed by atoms with Gasteiger partial charge >= 0.3 is 0 Å². The summed E-state index contributed by atoms with van der Waals surface area (Å²) >= 11 is 3.65. The second-order valence-electron chi connectivity index (χ2n) is 5.69. The summed E-state index contributed by atoms with van der Waals surface area (Å²) < 4.78 is 6.76. The van der Waals surface area contributed by atoms with E-state index in [2.05, 4.69) is 55.9 Å². The van der Waals surface area contributed by atoms with Crippen LogP contribution in [-0.4, -0.2) is 23.6 Å². The Morgan fingerprint density at radius 3 is 2.24 bits per heavy atom. The van der Waals surface area contributed by atoms with Crippen molar-refractivity contribution >= 4 is 21.7 Å². The van der Waals surface area contributed by atoms with Crippen LogP contribution >= 0.6 is 15.9 Å². The van der Waals surface area contributed by atoms with Crippen LogP contribution in [0.25, 0.3) is 0 Å². The highest BCUT2D eigenvalue weighted by Crippen LogP contribution is 2.34. The molecule has 0 unspecified atom stereocenters. The van der Waals surface area contributed by atoms with Gasteiger partial charge in [0.2, 0.25) is 0 Å². The monoisotopic (exact) mass is 357 g/mol. The van der Waals surface area contributed by atoms with E-state index in [4.69, 9.17) is 14.7 Å². The Balaban J connectivity index is 3.41. The highest BCUT2D eigenvalue weighted by Gasteiger charge is 2.33. The predicted molar refractivity (Wildman–Crippen MR) is 91.7 cm³/mol. The summed E-state index contributed by atoms with van der Waals surface area (Å²) in [4.78, 5) is 9.54. The average Bonchev–Trinajstić information content (AvgIpc) is 2.46. The van der Waals surface area contributed by atoms with Crippen LogP contribution in [-0.2, 0) is 16.8 Å². The number of anilines is 1. The minimum Gasteiger partial charge on any atom is -0.370 e. The lowest BCUT2D eigenvalue weighted by Crippen LogP contribution is -2.30. The van der Waals surface area contributed by atoms with E-state index in [1.54, 1.807) is 7.11 Å². The van der Waals surface area contributed by atoms with Gasteiger partial charge in [0, 0.05) is 13.7 Å². The van der Waals surface area contributed by atoms with Gasteiger partial charge in [-0.1, -0.05) is 27.7 Å². The zero-order valence-corrected chi connectivity index (χ0v) is 15.7. The third-order valence-corrected chi connectivity index (χ3v) is 4.64. The average molecular weight is 358 g/mol. The van der Waals surface area contributed by atoms with Crippen molar-refractivity contribution in [3.8, 4) is 0 Å². The Labute approximate surface area is 137 Å². The number of halogens is 1. The van der Waals surface area contributed by atoms with Crippen molar-refractivity contribution in [2.24, 2.45) is 5.92 Å². The van der Waals surface area contributed by atoms with E-state index in [-0.39, 0.29) is 0 Å². The van der Waals surface area contributed by atoms with Gasteiger partial charge in [-0.05, 0) is 48.0 Å². The number of aromatic nitrogens is 2. The lowest BCUT2D eigenvalue weighted by molar-refractivity contribution is -0.0292. The molecule has 1 heterocycles. The molecule has 0 saturated heterocycles. The standard InChI is InChI=1S/C16H28BrN3O/c1-7-16(8-2,21-6)15-19-12(10-11(4)5)13(17)14(20-15)18-9-3/h11H,7-10H2,1-6H3,(H,18,19,20). The van der Waals surface area contributed by atoms with Gasteiger partial charge < -0.3 is 10.1 Å². The molecule has 0 bridgehead atoms. The normalized spacial score (nSPS) is 12.0. The molecule has 1 aromatic heterocycles. The predicted octanol–water partition coefficient (Wildman–Crippen LogP) is 4.53. The minimum atomic E-state index is -0.406. The van der Waals surface area contributed by atoms with E-state index in [1.807, 2.05) is 0 Å². The summed E-state index contributed by atoms with van der Waals surface area (Å²) in [6.07, 6.45) is 2.63. The van der Waals surface area contributed by atoms with Gasteiger partial charge in [-0.25, -0.2) is 9.97 Å². The van der Waals surface area contributed by atoms with Crippen molar-refractivity contribution in [2.45, 2.75) is 59.5 Å². The largest absolute Gasteiger partial charge is 0.370 e. The fraction of sp³-hybridized carbons (Fsp3) is 0.750. The molecule has 1 aromatic rings. The first-order valence-corrected chi connectivity index (χ1v) is 8.59. The molecule has 21 heavy (non-hydrogen) atoms. The molecule has 1 N–H and O–H groups in total. The molecule has 4 nitrogen and oxygen atoms in total. The van der Waals surface area contributed by atoms with Crippen molar-refractivity contribution in [3.63, 3.8) is 0 Å². The van der Waals surface area contributed by atoms with Crippen LogP contribution in [0.1, 0.15) is 59.0 Å². The van der Waals surface area contributed by atoms with Gasteiger partial charge in [0.05, 0.1) is 10.2 Å². The first-order valence-electron chi connectivity index (χ1n) is 7.79. The molecule has 0 aliphatic rings. The zero-order valence-electron chi connectivity index (χ0n) is 14.1. The lowest BCUT2D eigenvalue weighted by atomic mass is 9.95. The van der Waals surface area contributed by atoms with E-state index in [0.717, 1.165) is 47.6 Å². The third-order valence-electron chi connectivity index (χ3n) is 3.81. The van der Waals surface area contributed by atoms with E-state index in [1.165, 1.54) is 0 Å². The fourth-order valence-corrected chi connectivity index (χ4v) is 2.93. The van der Waals surface area contributed by atoms with E-state index >= 15 is 0 Å². The van der Waals surface area contributed by atoms with Crippen molar-refractivity contribution in [1.82, 2.24) is 9.97 Å². The van der Waals surface area contributed by atoms with Crippen molar-refractivity contribution in [3.05, 3.63) is 16.0 Å². The Bertz CT molecular complexity index is 451. The molecule has 1 rings (SSSR count). The lowest BCUT2D eigenvalue weighted by Gasteiger charge is -2.29. The molecule has 0 aromatic carbocycles. The molecule has 0 radical (unpaired) electrons. The van der Waals surface area contributed by atoms with Gasteiger partial charge in [-0.2, -0.15) is 0 Å². The maximum absolute atomic E-state index is 5.79. The highest BCUT2D eigenvalue weighted by molar-refractivity contribution is 9.10. The summed E-state index contributed by atoms with van der Waals surface area (Å²) in [5.74, 6) is 2.19.